The standard InChI is InChI=1S/C21H22ClFN4O2/c1-15-20(28)26(21(29)27(15)18-7-5-17(23)6-8-18)14-24-9-11-25(12-10-24)19-4-2-3-16(22)13-19/h2-8,13,15H,9-12,14H2,1H3. The van der Waals surface area contributed by atoms with Crippen molar-refractivity contribution >= 4 is 34.9 Å². The van der Waals surface area contributed by atoms with Crippen molar-refractivity contribution < 1.29 is 14.0 Å². The lowest BCUT2D eigenvalue weighted by Gasteiger charge is -2.37. The summed E-state index contributed by atoms with van der Waals surface area (Å²) in [5.74, 6) is -0.620. The number of hydrogen-bond donors (Lipinski definition) is 0. The number of nitrogens with zero attached hydrogens (tertiary/aromatic N) is 4. The summed E-state index contributed by atoms with van der Waals surface area (Å²) in [6.45, 7) is 4.98. The quantitative estimate of drug-likeness (QED) is 0.716. The van der Waals surface area contributed by atoms with Crippen molar-refractivity contribution in [2.24, 2.45) is 0 Å². The van der Waals surface area contributed by atoms with Crippen LogP contribution >= 0.6 is 11.6 Å². The van der Waals surface area contributed by atoms with Crippen LogP contribution in [-0.4, -0.2) is 60.6 Å². The number of benzene rings is 2. The van der Waals surface area contributed by atoms with Crippen LogP contribution < -0.4 is 9.80 Å². The van der Waals surface area contributed by atoms with Crippen molar-refractivity contribution in [3.05, 3.63) is 59.4 Å². The predicted octanol–water partition coefficient (Wildman–Crippen LogP) is 3.42. The number of rotatable bonds is 4. The van der Waals surface area contributed by atoms with E-state index in [1.54, 1.807) is 6.92 Å². The third kappa shape index (κ3) is 3.93. The molecule has 6 nitrogen and oxygen atoms in total. The van der Waals surface area contributed by atoms with Crippen LogP contribution in [0, 0.1) is 5.82 Å². The summed E-state index contributed by atoms with van der Waals surface area (Å²) in [5, 5.41) is 0.702. The molecule has 1 unspecified atom stereocenters. The minimum absolute atomic E-state index is 0.239. The molecule has 0 aliphatic carbocycles. The minimum Gasteiger partial charge on any atom is -0.369 e. The number of urea groups is 1. The van der Waals surface area contributed by atoms with Gasteiger partial charge in [-0.05, 0) is 49.4 Å². The van der Waals surface area contributed by atoms with Crippen LogP contribution in [0.5, 0.6) is 0 Å². The lowest BCUT2D eigenvalue weighted by molar-refractivity contribution is -0.128. The van der Waals surface area contributed by atoms with Crippen LogP contribution in [0.2, 0.25) is 5.02 Å². The molecule has 0 N–H and O–H groups in total. The molecule has 2 aliphatic heterocycles. The maximum absolute atomic E-state index is 13.2. The predicted molar refractivity (Wildman–Crippen MR) is 111 cm³/mol. The van der Waals surface area contributed by atoms with Crippen molar-refractivity contribution in [2.75, 3.05) is 42.6 Å². The van der Waals surface area contributed by atoms with E-state index in [2.05, 4.69) is 9.80 Å². The van der Waals surface area contributed by atoms with Gasteiger partial charge in [0.05, 0.1) is 6.67 Å². The Bertz CT molecular complexity index is 915. The van der Waals surface area contributed by atoms with E-state index in [1.165, 1.54) is 34.1 Å². The zero-order valence-corrected chi connectivity index (χ0v) is 16.8. The number of halogens is 2. The van der Waals surface area contributed by atoms with Gasteiger partial charge in [-0.2, -0.15) is 0 Å². The molecule has 0 saturated carbocycles. The van der Waals surface area contributed by atoms with Gasteiger partial charge in [0.2, 0.25) is 0 Å². The smallest absolute Gasteiger partial charge is 0.333 e. The summed E-state index contributed by atoms with van der Waals surface area (Å²) in [7, 11) is 0. The maximum Gasteiger partial charge on any atom is 0.333 e. The van der Waals surface area contributed by atoms with Gasteiger partial charge in [-0.1, -0.05) is 17.7 Å². The van der Waals surface area contributed by atoms with Gasteiger partial charge in [-0.15, -0.1) is 0 Å². The first-order chi connectivity index (χ1) is 13.9. The third-order valence-corrected chi connectivity index (χ3v) is 5.67. The number of anilines is 2. The van der Waals surface area contributed by atoms with E-state index in [4.69, 9.17) is 11.6 Å². The molecule has 2 aromatic rings. The highest BCUT2D eigenvalue weighted by Crippen LogP contribution is 2.27. The lowest BCUT2D eigenvalue weighted by atomic mass is 10.2. The van der Waals surface area contributed by atoms with Crippen molar-refractivity contribution in [3.8, 4) is 0 Å². The first kappa shape index (κ1) is 19.7. The van der Waals surface area contributed by atoms with Gasteiger partial charge < -0.3 is 4.90 Å². The van der Waals surface area contributed by atoms with Crippen LogP contribution in [-0.2, 0) is 4.79 Å². The second kappa shape index (κ2) is 8.00. The Morgan fingerprint density at radius 2 is 1.69 bits per heavy atom. The molecule has 2 aliphatic rings. The van der Waals surface area contributed by atoms with Crippen LogP contribution in [0.1, 0.15) is 6.92 Å². The largest absolute Gasteiger partial charge is 0.369 e. The zero-order valence-electron chi connectivity index (χ0n) is 16.1. The molecule has 0 bridgehead atoms. The van der Waals surface area contributed by atoms with Gasteiger partial charge in [0.15, 0.2) is 0 Å². The van der Waals surface area contributed by atoms with Crippen LogP contribution in [0.3, 0.4) is 0 Å². The summed E-state index contributed by atoms with van der Waals surface area (Å²) in [4.78, 5) is 32.6. The molecule has 8 heteroatoms. The third-order valence-electron chi connectivity index (χ3n) is 5.44. The fourth-order valence-corrected chi connectivity index (χ4v) is 4.00. The van der Waals surface area contributed by atoms with E-state index in [-0.39, 0.29) is 24.4 Å². The molecular formula is C21H22ClFN4O2. The number of piperazine rings is 1. The number of carbonyl (C=O) groups is 2. The monoisotopic (exact) mass is 416 g/mol. The highest BCUT2D eigenvalue weighted by molar-refractivity contribution is 6.30. The van der Waals surface area contributed by atoms with E-state index >= 15 is 0 Å². The number of carbonyl (C=O) groups excluding carboxylic acids is 2. The van der Waals surface area contributed by atoms with Gasteiger partial charge in [0.25, 0.3) is 5.91 Å². The fourth-order valence-electron chi connectivity index (χ4n) is 3.81. The molecule has 2 fully saturated rings. The lowest BCUT2D eigenvalue weighted by Crippen LogP contribution is -2.51. The molecule has 152 valence electrons. The number of amides is 3. The minimum atomic E-state index is -0.610. The summed E-state index contributed by atoms with van der Waals surface area (Å²) in [6, 6.07) is 12.4. The molecular weight excluding hydrogens is 395 g/mol. The summed E-state index contributed by atoms with van der Waals surface area (Å²) >= 11 is 6.08. The summed E-state index contributed by atoms with van der Waals surface area (Å²) < 4.78 is 13.2. The molecule has 0 aromatic heterocycles. The van der Waals surface area contributed by atoms with Gasteiger partial charge in [-0.25, -0.2) is 14.1 Å². The summed E-state index contributed by atoms with van der Waals surface area (Å²) in [5.41, 5.74) is 1.59. The van der Waals surface area contributed by atoms with Crippen LogP contribution in [0.25, 0.3) is 0 Å². The van der Waals surface area contributed by atoms with Gasteiger partial charge in [-0.3, -0.25) is 14.6 Å². The Labute approximate surface area is 174 Å². The number of imide groups is 1. The zero-order chi connectivity index (χ0) is 20.5. The Morgan fingerprint density at radius 1 is 1.00 bits per heavy atom. The Kier molecular flexibility index (Phi) is 5.43. The van der Waals surface area contributed by atoms with E-state index in [1.807, 2.05) is 24.3 Å². The average Bonchev–Trinajstić information content (AvgIpc) is 2.93. The molecule has 29 heavy (non-hydrogen) atoms. The molecule has 3 amide bonds. The second-order valence-electron chi connectivity index (χ2n) is 7.30. The Morgan fingerprint density at radius 3 is 2.34 bits per heavy atom. The van der Waals surface area contributed by atoms with Crippen molar-refractivity contribution in [1.82, 2.24) is 9.80 Å². The molecule has 2 aromatic carbocycles. The Hall–Kier alpha value is -2.64. The highest BCUT2D eigenvalue weighted by Gasteiger charge is 2.44. The molecule has 1 atom stereocenters. The van der Waals surface area contributed by atoms with Gasteiger partial charge in [0.1, 0.15) is 11.9 Å². The van der Waals surface area contributed by atoms with Gasteiger partial charge >= 0.3 is 6.03 Å². The van der Waals surface area contributed by atoms with Crippen LogP contribution in [0.4, 0.5) is 20.6 Å². The van der Waals surface area contributed by atoms with Crippen molar-refractivity contribution in [1.29, 1.82) is 0 Å². The molecule has 4 rings (SSSR count). The first-order valence-electron chi connectivity index (χ1n) is 9.57. The fraction of sp³-hybridized carbons (Fsp3) is 0.333. The van der Waals surface area contributed by atoms with Crippen molar-refractivity contribution in [3.63, 3.8) is 0 Å². The van der Waals surface area contributed by atoms with E-state index < -0.39 is 6.04 Å². The molecule has 0 radical (unpaired) electrons. The molecule has 2 saturated heterocycles. The number of hydrogen-bond acceptors (Lipinski definition) is 4. The second-order valence-corrected chi connectivity index (χ2v) is 7.73. The first-order valence-corrected chi connectivity index (χ1v) is 9.95. The molecule has 2 heterocycles. The highest BCUT2D eigenvalue weighted by atomic mass is 35.5. The average molecular weight is 417 g/mol. The van der Waals surface area contributed by atoms with Crippen molar-refractivity contribution in [2.45, 2.75) is 13.0 Å². The molecule has 0 spiro atoms. The SMILES string of the molecule is CC1C(=O)N(CN2CCN(c3cccc(Cl)c3)CC2)C(=O)N1c1ccc(F)cc1. The Balaban J connectivity index is 1.40. The van der Waals surface area contributed by atoms with E-state index in [9.17, 15) is 14.0 Å². The van der Waals surface area contributed by atoms with Crippen LogP contribution in [0.15, 0.2) is 48.5 Å². The topological polar surface area (TPSA) is 47.1 Å². The summed E-state index contributed by atoms with van der Waals surface area (Å²) in [6.07, 6.45) is 0. The normalized spacial score (nSPS) is 20.7. The van der Waals surface area contributed by atoms with Gasteiger partial charge in [0, 0.05) is 42.6 Å². The van der Waals surface area contributed by atoms with E-state index in [0.29, 0.717) is 10.7 Å². The maximum atomic E-state index is 13.2. The van der Waals surface area contributed by atoms with E-state index in [0.717, 1.165) is 31.9 Å².